The van der Waals surface area contributed by atoms with Crippen LogP contribution in [0.2, 0.25) is 0 Å². The second-order valence-corrected chi connectivity index (χ2v) is 5.60. The number of terminal acetylenes is 1. The number of aryl methyl sites for hydroxylation is 1. The number of amides is 1. The van der Waals surface area contributed by atoms with Crippen molar-refractivity contribution in [2.24, 2.45) is 17.3 Å². The lowest BCUT2D eigenvalue weighted by molar-refractivity contribution is -0.116. The lowest BCUT2D eigenvalue weighted by atomic mass is 10.0. The molecule has 1 aromatic carbocycles. The van der Waals surface area contributed by atoms with Crippen LogP contribution in [0.5, 0.6) is 0 Å². The number of carbonyl (C=O) groups excluding carboxylic acids is 1. The summed E-state index contributed by atoms with van der Waals surface area (Å²) in [5.41, 5.74) is 1.53. The fraction of sp³-hybridized carbons (Fsp3) is 0.353. The Morgan fingerprint density at radius 1 is 1.36 bits per heavy atom. The highest BCUT2D eigenvalue weighted by Gasteiger charge is 2.39. The number of rotatable bonds is 6. The lowest BCUT2D eigenvalue weighted by Crippen LogP contribution is -2.17. The average Bonchev–Trinajstić information content (AvgIpc) is 3.20. The summed E-state index contributed by atoms with van der Waals surface area (Å²) in [6.45, 7) is 0. The van der Waals surface area contributed by atoms with Crippen LogP contribution in [0.15, 0.2) is 40.7 Å². The molecule has 112 valence electrons. The Morgan fingerprint density at radius 3 is 2.91 bits per heavy atom. The third-order valence-corrected chi connectivity index (χ3v) is 4.01. The van der Waals surface area contributed by atoms with Crippen LogP contribution in [0.25, 0.3) is 10.9 Å². The molecule has 1 N–H and O–H groups in total. The summed E-state index contributed by atoms with van der Waals surface area (Å²) in [7, 11) is 1.99. The van der Waals surface area contributed by atoms with Gasteiger partial charge in [0.2, 0.25) is 5.91 Å². The lowest BCUT2D eigenvalue weighted by Gasteiger charge is -2.10. The molecule has 2 heterocycles. The highest BCUT2D eigenvalue weighted by molar-refractivity contribution is 6.01. The molecule has 1 aromatic heterocycles. The molecule has 5 nitrogen and oxygen atoms in total. The molecule has 1 aliphatic rings. The molecule has 0 saturated heterocycles. The first-order valence-electron chi connectivity index (χ1n) is 7.35. The third kappa shape index (κ3) is 2.86. The summed E-state index contributed by atoms with van der Waals surface area (Å²) in [5.74, 6) is 2.57. The number of carbonyl (C=O) groups is 1. The van der Waals surface area contributed by atoms with E-state index < -0.39 is 5.66 Å². The van der Waals surface area contributed by atoms with Gasteiger partial charge in [-0.15, -0.1) is 12.3 Å². The fourth-order valence-corrected chi connectivity index (χ4v) is 2.61. The normalized spacial score (nSPS) is 14.7. The molecule has 0 spiro atoms. The van der Waals surface area contributed by atoms with Gasteiger partial charge < -0.3 is 9.88 Å². The molecule has 1 amide bonds. The Balaban J connectivity index is 1.61. The van der Waals surface area contributed by atoms with E-state index in [1.54, 1.807) is 0 Å². The minimum atomic E-state index is -0.400. The van der Waals surface area contributed by atoms with E-state index in [0.717, 1.165) is 23.0 Å². The topological polar surface area (TPSA) is 58.8 Å². The van der Waals surface area contributed by atoms with Gasteiger partial charge >= 0.3 is 0 Å². The summed E-state index contributed by atoms with van der Waals surface area (Å²) in [4.78, 5) is 12.2. The molecule has 1 aliphatic heterocycles. The minimum absolute atomic E-state index is 0.0197. The molecule has 0 radical (unpaired) electrons. The van der Waals surface area contributed by atoms with Crippen molar-refractivity contribution in [2.45, 2.75) is 31.3 Å². The van der Waals surface area contributed by atoms with Crippen molar-refractivity contribution < 1.29 is 4.79 Å². The van der Waals surface area contributed by atoms with Crippen LogP contribution < -0.4 is 5.32 Å². The Bertz CT molecular complexity index is 776. The molecular weight excluding hydrogens is 276 g/mol. The fourth-order valence-electron chi connectivity index (χ4n) is 2.61. The van der Waals surface area contributed by atoms with E-state index in [1.165, 1.54) is 0 Å². The average molecular weight is 294 g/mol. The number of anilines is 1. The summed E-state index contributed by atoms with van der Waals surface area (Å²) < 4.78 is 2.03. The molecule has 0 aliphatic carbocycles. The quantitative estimate of drug-likeness (QED) is 0.815. The zero-order chi connectivity index (χ0) is 15.6. The second kappa shape index (κ2) is 5.64. The van der Waals surface area contributed by atoms with Gasteiger partial charge in [0.25, 0.3) is 0 Å². The summed E-state index contributed by atoms with van der Waals surface area (Å²) in [6, 6.07) is 7.89. The number of nitrogens with one attached hydrogen (secondary N) is 1. The summed E-state index contributed by atoms with van der Waals surface area (Å²) in [5, 5.41) is 12.1. The van der Waals surface area contributed by atoms with Gasteiger partial charge in [0.1, 0.15) is 0 Å². The summed E-state index contributed by atoms with van der Waals surface area (Å²) in [6.07, 6.45) is 9.62. The molecule has 3 rings (SSSR count). The van der Waals surface area contributed by atoms with Crippen molar-refractivity contribution in [3.8, 4) is 12.3 Å². The van der Waals surface area contributed by atoms with Crippen LogP contribution in [0.4, 0.5) is 5.69 Å². The van der Waals surface area contributed by atoms with E-state index >= 15 is 0 Å². The number of nitrogens with zero attached hydrogens (tertiary/aromatic N) is 3. The van der Waals surface area contributed by atoms with E-state index in [1.807, 2.05) is 42.1 Å². The maximum Gasteiger partial charge on any atom is 0.224 e. The smallest absolute Gasteiger partial charge is 0.224 e. The Kier molecular flexibility index (Phi) is 3.68. The van der Waals surface area contributed by atoms with Gasteiger partial charge in [-0.25, -0.2) is 0 Å². The molecular formula is C17H18N4O. The highest BCUT2D eigenvalue weighted by Crippen LogP contribution is 2.37. The minimum Gasteiger partial charge on any atom is -0.350 e. The number of benzene rings is 1. The zero-order valence-electron chi connectivity index (χ0n) is 12.5. The van der Waals surface area contributed by atoms with E-state index in [4.69, 9.17) is 6.42 Å². The molecule has 0 saturated carbocycles. The number of hydrogen-bond donors (Lipinski definition) is 1. The maximum absolute atomic E-state index is 12.2. The van der Waals surface area contributed by atoms with Gasteiger partial charge in [-0.2, -0.15) is 10.2 Å². The van der Waals surface area contributed by atoms with Gasteiger partial charge in [0, 0.05) is 49.8 Å². The van der Waals surface area contributed by atoms with Crippen LogP contribution in [0.1, 0.15) is 25.7 Å². The van der Waals surface area contributed by atoms with Gasteiger partial charge in [-0.3, -0.25) is 4.79 Å². The highest BCUT2D eigenvalue weighted by atomic mass is 16.1. The summed E-state index contributed by atoms with van der Waals surface area (Å²) >= 11 is 0. The van der Waals surface area contributed by atoms with Crippen LogP contribution in [-0.4, -0.2) is 16.1 Å². The van der Waals surface area contributed by atoms with E-state index in [2.05, 4.69) is 21.5 Å². The second-order valence-electron chi connectivity index (χ2n) is 5.60. The zero-order valence-corrected chi connectivity index (χ0v) is 12.5. The van der Waals surface area contributed by atoms with Crippen molar-refractivity contribution in [1.82, 2.24) is 4.57 Å². The molecule has 0 fully saturated rings. The Labute approximate surface area is 129 Å². The SMILES string of the molecule is C#CCCC1(CCC(=O)Nc2cccc3c2ccn3C)N=N1. The van der Waals surface area contributed by atoms with Crippen LogP contribution in [0, 0.1) is 12.3 Å². The van der Waals surface area contributed by atoms with Crippen molar-refractivity contribution in [2.75, 3.05) is 5.32 Å². The van der Waals surface area contributed by atoms with Crippen molar-refractivity contribution >= 4 is 22.5 Å². The van der Waals surface area contributed by atoms with Crippen LogP contribution >= 0.6 is 0 Å². The first kappa shape index (κ1) is 14.3. The van der Waals surface area contributed by atoms with Crippen LogP contribution in [-0.2, 0) is 11.8 Å². The maximum atomic E-state index is 12.2. The van der Waals surface area contributed by atoms with Crippen molar-refractivity contribution in [3.05, 3.63) is 30.5 Å². The molecule has 0 unspecified atom stereocenters. The van der Waals surface area contributed by atoms with E-state index in [-0.39, 0.29) is 5.91 Å². The molecule has 0 bridgehead atoms. The predicted octanol–water partition coefficient (Wildman–Crippen LogP) is 3.47. The molecule has 22 heavy (non-hydrogen) atoms. The third-order valence-electron chi connectivity index (χ3n) is 4.01. The Morgan fingerprint density at radius 2 is 2.18 bits per heavy atom. The Hall–Kier alpha value is -2.61. The largest absolute Gasteiger partial charge is 0.350 e. The van der Waals surface area contributed by atoms with Gasteiger partial charge in [-0.05, 0) is 18.2 Å². The molecule has 2 aromatic rings. The van der Waals surface area contributed by atoms with Crippen LogP contribution in [0.3, 0.4) is 0 Å². The first-order chi connectivity index (χ1) is 10.6. The standard InChI is InChI=1S/C17H18N4O/c1-3-4-10-17(19-20-17)11-8-16(22)18-14-6-5-7-15-13(14)9-12-21(15)2/h1,5-7,9,12H,4,8,10-11H2,2H3,(H,18,22). The van der Waals surface area contributed by atoms with Gasteiger partial charge in [0.05, 0.1) is 5.69 Å². The first-order valence-corrected chi connectivity index (χ1v) is 7.35. The van der Waals surface area contributed by atoms with Gasteiger partial charge in [0.15, 0.2) is 5.66 Å². The van der Waals surface area contributed by atoms with Crippen molar-refractivity contribution in [3.63, 3.8) is 0 Å². The molecule has 0 atom stereocenters. The predicted molar refractivity (Wildman–Crippen MR) is 86.4 cm³/mol. The number of fused-ring (bicyclic) bond motifs is 1. The van der Waals surface area contributed by atoms with E-state index in [0.29, 0.717) is 19.3 Å². The van der Waals surface area contributed by atoms with E-state index in [9.17, 15) is 4.79 Å². The van der Waals surface area contributed by atoms with Crippen molar-refractivity contribution in [1.29, 1.82) is 0 Å². The molecule has 5 heteroatoms. The monoisotopic (exact) mass is 294 g/mol. The van der Waals surface area contributed by atoms with Gasteiger partial charge in [-0.1, -0.05) is 6.07 Å². The number of aromatic nitrogens is 1. The number of hydrogen-bond acceptors (Lipinski definition) is 3.